The molecule has 4 aromatic rings. The Morgan fingerprint density at radius 1 is 0.821 bits per heavy atom. The summed E-state index contributed by atoms with van der Waals surface area (Å²) < 4.78 is 24.3. The van der Waals surface area contributed by atoms with E-state index in [1.54, 1.807) is 40.9 Å². The predicted molar refractivity (Wildman–Crippen MR) is 157 cm³/mol. The van der Waals surface area contributed by atoms with Gasteiger partial charge in [0.15, 0.2) is 9.84 Å². The Morgan fingerprint density at radius 2 is 1.51 bits per heavy atom. The molecule has 202 valence electrons. The number of rotatable bonds is 9. The minimum atomic E-state index is -3.35. The first-order chi connectivity index (χ1) is 18.8. The Bertz CT molecular complexity index is 1560. The second-order valence-corrected chi connectivity index (χ2v) is 13.9. The van der Waals surface area contributed by atoms with E-state index in [2.05, 4.69) is 28.1 Å². The molecule has 1 unspecified atom stereocenters. The van der Waals surface area contributed by atoms with E-state index in [9.17, 15) is 18.0 Å². The Balaban J connectivity index is 1.15. The van der Waals surface area contributed by atoms with Crippen LogP contribution in [0.4, 0.5) is 0 Å². The van der Waals surface area contributed by atoms with Crippen LogP contribution in [0.5, 0.6) is 0 Å². The number of sulfone groups is 1. The van der Waals surface area contributed by atoms with Gasteiger partial charge in [-0.2, -0.15) is 0 Å². The molecule has 39 heavy (non-hydrogen) atoms. The monoisotopic (exact) mass is 578 g/mol. The van der Waals surface area contributed by atoms with E-state index in [0.29, 0.717) is 36.4 Å². The SMILES string of the molecule is CS(=O)(=O)c1ccccc1-c1ccc(CNC(=O)C2CCC[C@H]2C(=O)NCc2ccc(-c3cccs3)s2)cc1. The number of carbonyl (C=O) groups is 2. The van der Waals surface area contributed by atoms with Gasteiger partial charge in [0.05, 0.1) is 11.4 Å². The molecule has 1 aliphatic carbocycles. The van der Waals surface area contributed by atoms with Crippen molar-refractivity contribution in [2.45, 2.75) is 37.2 Å². The molecule has 0 spiro atoms. The fourth-order valence-corrected chi connectivity index (χ4v) is 7.76. The maximum absolute atomic E-state index is 13.0. The minimum Gasteiger partial charge on any atom is -0.352 e. The molecule has 6 nitrogen and oxygen atoms in total. The Kier molecular flexibility index (Phi) is 8.30. The van der Waals surface area contributed by atoms with Crippen LogP contribution < -0.4 is 10.6 Å². The maximum atomic E-state index is 13.0. The van der Waals surface area contributed by atoms with Crippen LogP contribution in [0.2, 0.25) is 0 Å². The van der Waals surface area contributed by atoms with Crippen LogP contribution in [-0.4, -0.2) is 26.5 Å². The van der Waals surface area contributed by atoms with Gasteiger partial charge in [0.1, 0.15) is 0 Å². The highest BCUT2D eigenvalue weighted by atomic mass is 32.2. The summed E-state index contributed by atoms with van der Waals surface area (Å²) in [5, 5.41) is 8.10. The standard InChI is InChI=1S/C30H30N2O4S3/c1-39(35,36)28-10-3-2-6-23(28)21-13-11-20(12-14-21)18-31-29(33)24-7-4-8-25(24)30(34)32-19-22-15-16-27(38-22)26-9-5-17-37-26/h2-3,5-6,9-17,24-25H,4,7-8,18-19H2,1H3,(H,31,33)(H,32,34)/t24?,25-/m1/s1. The zero-order valence-corrected chi connectivity index (χ0v) is 24.0. The molecule has 0 bridgehead atoms. The van der Waals surface area contributed by atoms with Crippen LogP contribution >= 0.6 is 22.7 Å². The number of hydrogen-bond acceptors (Lipinski definition) is 6. The number of benzene rings is 2. The summed E-state index contributed by atoms with van der Waals surface area (Å²) in [6.45, 7) is 0.812. The van der Waals surface area contributed by atoms with Gasteiger partial charge in [0, 0.05) is 44.8 Å². The summed E-state index contributed by atoms with van der Waals surface area (Å²) >= 11 is 3.37. The largest absolute Gasteiger partial charge is 0.352 e. The Hall–Kier alpha value is -3.27. The number of thiophene rings is 2. The van der Waals surface area contributed by atoms with Crippen molar-refractivity contribution in [1.29, 1.82) is 0 Å². The van der Waals surface area contributed by atoms with Gasteiger partial charge < -0.3 is 10.6 Å². The van der Waals surface area contributed by atoms with Crippen LogP contribution in [0.3, 0.4) is 0 Å². The van der Waals surface area contributed by atoms with Crippen molar-refractivity contribution in [2.75, 3.05) is 6.26 Å². The van der Waals surface area contributed by atoms with Gasteiger partial charge in [-0.15, -0.1) is 22.7 Å². The second-order valence-electron chi connectivity index (χ2n) is 9.79. The molecule has 9 heteroatoms. The van der Waals surface area contributed by atoms with Crippen molar-refractivity contribution in [1.82, 2.24) is 10.6 Å². The lowest BCUT2D eigenvalue weighted by atomic mass is 9.94. The van der Waals surface area contributed by atoms with Crippen molar-refractivity contribution in [2.24, 2.45) is 11.8 Å². The van der Waals surface area contributed by atoms with E-state index in [-0.39, 0.29) is 23.7 Å². The van der Waals surface area contributed by atoms with Gasteiger partial charge in [-0.1, -0.05) is 55.0 Å². The first-order valence-corrected chi connectivity index (χ1v) is 16.4. The van der Waals surface area contributed by atoms with Crippen molar-refractivity contribution in [3.8, 4) is 20.9 Å². The van der Waals surface area contributed by atoms with Gasteiger partial charge in [0.2, 0.25) is 11.8 Å². The Morgan fingerprint density at radius 3 is 2.18 bits per heavy atom. The summed E-state index contributed by atoms with van der Waals surface area (Å²) in [5.74, 6) is -0.824. The lowest BCUT2D eigenvalue weighted by Gasteiger charge is -2.19. The van der Waals surface area contributed by atoms with E-state index in [1.807, 2.05) is 42.5 Å². The molecule has 2 N–H and O–H groups in total. The van der Waals surface area contributed by atoms with E-state index < -0.39 is 9.84 Å². The van der Waals surface area contributed by atoms with Gasteiger partial charge in [-0.25, -0.2) is 8.42 Å². The van der Waals surface area contributed by atoms with E-state index in [0.717, 1.165) is 22.4 Å². The lowest BCUT2D eigenvalue weighted by Crippen LogP contribution is -2.39. The van der Waals surface area contributed by atoms with Gasteiger partial charge in [-0.3, -0.25) is 9.59 Å². The van der Waals surface area contributed by atoms with E-state index in [4.69, 9.17) is 0 Å². The molecule has 5 rings (SSSR count). The summed E-state index contributed by atoms with van der Waals surface area (Å²) in [5.41, 5.74) is 2.36. The third kappa shape index (κ3) is 6.49. The third-order valence-electron chi connectivity index (χ3n) is 7.07. The summed E-state index contributed by atoms with van der Waals surface area (Å²) in [6.07, 6.45) is 3.47. The molecule has 1 aliphatic rings. The van der Waals surface area contributed by atoms with Crippen LogP contribution in [-0.2, 0) is 32.5 Å². The van der Waals surface area contributed by atoms with Gasteiger partial charge in [0.25, 0.3) is 0 Å². The molecule has 2 heterocycles. The fourth-order valence-electron chi connectivity index (χ4n) is 5.07. The predicted octanol–water partition coefficient (Wildman–Crippen LogP) is 5.90. The molecule has 0 aliphatic heterocycles. The summed E-state index contributed by atoms with van der Waals surface area (Å²) in [4.78, 5) is 29.8. The highest BCUT2D eigenvalue weighted by molar-refractivity contribution is 7.90. The number of hydrogen-bond donors (Lipinski definition) is 2. The van der Waals surface area contributed by atoms with Crippen LogP contribution in [0.1, 0.15) is 29.7 Å². The smallest absolute Gasteiger partial charge is 0.224 e. The highest BCUT2D eigenvalue weighted by Crippen LogP contribution is 2.34. The summed E-state index contributed by atoms with van der Waals surface area (Å²) in [6, 6.07) is 22.7. The average Bonchev–Trinajstić information content (AvgIpc) is 3.72. The third-order valence-corrected chi connectivity index (χ3v) is 10.4. The van der Waals surface area contributed by atoms with E-state index >= 15 is 0 Å². The molecule has 2 atom stereocenters. The van der Waals surface area contributed by atoms with Gasteiger partial charge in [-0.05, 0) is 53.6 Å². The lowest BCUT2D eigenvalue weighted by molar-refractivity contribution is -0.133. The number of nitrogens with one attached hydrogen (secondary N) is 2. The van der Waals surface area contributed by atoms with Crippen molar-refractivity contribution in [3.05, 3.63) is 88.6 Å². The van der Waals surface area contributed by atoms with Crippen molar-refractivity contribution in [3.63, 3.8) is 0 Å². The molecule has 0 radical (unpaired) electrons. The molecular formula is C30H30N2O4S3. The molecule has 0 saturated heterocycles. The number of amides is 2. The maximum Gasteiger partial charge on any atom is 0.224 e. The average molecular weight is 579 g/mol. The zero-order chi connectivity index (χ0) is 27.4. The minimum absolute atomic E-state index is 0.0624. The van der Waals surface area contributed by atoms with E-state index in [1.165, 1.54) is 16.0 Å². The second kappa shape index (κ2) is 11.9. The highest BCUT2D eigenvalue weighted by Gasteiger charge is 2.37. The quantitative estimate of drug-likeness (QED) is 0.259. The first kappa shape index (κ1) is 27.3. The molecule has 1 saturated carbocycles. The first-order valence-electron chi connectivity index (χ1n) is 12.9. The topological polar surface area (TPSA) is 92.3 Å². The van der Waals surface area contributed by atoms with Gasteiger partial charge >= 0.3 is 0 Å². The summed E-state index contributed by atoms with van der Waals surface area (Å²) in [7, 11) is -3.35. The molecule has 2 aromatic carbocycles. The zero-order valence-electron chi connectivity index (χ0n) is 21.6. The van der Waals surface area contributed by atoms with Crippen molar-refractivity contribution >= 4 is 44.3 Å². The van der Waals surface area contributed by atoms with Crippen LogP contribution in [0.25, 0.3) is 20.9 Å². The number of carbonyl (C=O) groups excluding carboxylic acids is 2. The molecule has 1 fully saturated rings. The molecular weight excluding hydrogens is 549 g/mol. The van der Waals surface area contributed by atoms with Crippen LogP contribution in [0.15, 0.2) is 83.1 Å². The van der Waals surface area contributed by atoms with Crippen LogP contribution in [0, 0.1) is 11.8 Å². The Labute approximate surface area is 237 Å². The van der Waals surface area contributed by atoms with Crippen molar-refractivity contribution < 1.29 is 18.0 Å². The molecule has 2 amide bonds. The fraction of sp³-hybridized carbons (Fsp3) is 0.267. The normalized spacial score (nSPS) is 17.2. The molecule has 2 aromatic heterocycles.